The molecule has 0 unspecified atom stereocenters. The van der Waals surface area contributed by atoms with Gasteiger partial charge in [-0.3, -0.25) is 14.5 Å². The number of imide groups is 1. The Morgan fingerprint density at radius 3 is 2.68 bits per heavy atom. The third kappa shape index (κ3) is 4.18. The van der Waals surface area contributed by atoms with Crippen LogP contribution in [0, 0.1) is 11.3 Å². The lowest BCUT2D eigenvalue weighted by Gasteiger charge is -2.42. The summed E-state index contributed by atoms with van der Waals surface area (Å²) in [6.45, 7) is 6.37. The van der Waals surface area contributed by atoms with E-state index in [0.717, 1.165) is 34.4 Å². The van der Waals surface area contributed by atoms with E-state index >= 15 is 0 Å². The quantitative estimate of drug-likeness (QED) is 0.532. The molecule has 166 valence electrons. The minimum Gasteiger partial charge on any atom is -0.457 e. The predicted molar refractivity (Wildman–Crippen MR) is 118 cm³/mol. The number of nitrogens with zero attached hydrogens (tertiary/aromatic N) is 2. The average Bonchev–Trinajstić information content (AvgIpc) is 3.27. The molecular weight excluding hydrogens is 414 g/mol. The zero-order valence-electron chi connectivity index (χ0n) is 18.3. The SMILES string of the molecule is CCC(C)(C)C1CCC2(CC1)NC(=O)N(CC(=O)OCc1nc3ccccc3s1)C2=O. The van der Waals surface area contributed by atoms with Crippen LogP contribution in [0.3, 0.4) is 0 Å². The summed E-state index contributed by atoms with van der Waals surface area (Å²) >= 11 is 1.46. The molecule has 1 N–H and O–H groups in total. The summed E-state index contributed by atoms with van der Waals surface area (Å²) in [5, 5.41) is 3.56. The molecule has 1 saturated carbocycles. The van der Waals surface area contributed by atoms with Crippen LogP contribution in [-0.2, 0) is 20.9 Å². The van der Waals surface area contributed by atoms with Crippen molar-refractivity contribution in [3.63, 3.8) is 0 Å². The van der Waals surface area contributed by atoms with Crippen molar-refractivity contribution in [2.45, 2.75) is 65.0 Å². The van der Waals surface area contributed by atoms with Gasteiger partial charge in [0.15, 0.2) is 0 Å². The maximum atomic E-state index is 13.1. The summed E-state index contributed by atoms with van der Waals surface area (Å²) in [4.78, 5) is 43.4. The molecular formula is C23H29N3O4S. The number of rotatable bonds is 6. The van der Waals surface area contributed by atoms with Crippen LogP contribution in [0.2, 0.25) is 0 Å². The summed E-state index contributed by atoms with van der Waals surface area (Å²) in [6, 6.07) is 7.19. The van der Waals surface area contributed by atoms with E-state index in [1.165, 1.54) is 11.3 Å². The van der Waals surface area contributed by atoms with Crippen molar-refractivity contribution in [3.8, 4) is 0 Å². The van der Waals surface area contributed by atoms with E-state index in [9.17, 15) is 14.4 Å². The Labute approximate surface area is 186 Å². The first-order chi connectivity index (χ1) is 14.7. The molecule has 1 aromatic carbocycles. The number of hydrogen-bond acceptors (Lipinski definition) is 6. The number of ether oxygens (including phenoxy) is 1. The summed E-state index contributed by atoms with van der Waals surface area (Å²) in [7, 11) is 0. The molecule has 8 heteroatoms. The van der Waals surface area contributed by atoms with Crippen molar-refractivity contribution in [2.24, 2.45) is 11.3 Å². The molecule has 2 fully saturated rings. The molecule has 0 bridgehead atoms. The summed E-state index contributed by atoms with van der Waals surface area (Å²) in [6.07, 6.45) is 4.09. The number of esters is 1. The molecule has 1 saturated heterocycles. The first-order valence-electron chi connectivity index (χ1n) is 10.9. The number of benzene rings is 1. The number of urea groups is 1. The highest BCUT2D eigenvalue weighted by Gasteiger charge is 2.53. The van der Waals surface area contributed by atoms with E-state index in [-0.39, 0.29) is 24.5 Å². The van der Waals surface area contributed by atoms with Crippen molar-refractivity contribution >= 4 is 39.5 Å². The number of aromatic nitrogens is 1. The molecule has 1 aliphatic carbocycles. The molecule has 2 aromatic rings. The third-order valence-corrected chi connectivity index (χ3v) is 8.09. The Morgan fingerprint density at radius 2 is 2.00 bits per heavy atom. The van der Waals surface area contributed by atoms with Gasteiger partial charge < -0.3 is 10.1 Å². The highest BCUT2D eigenvalue weighted by molar-refractivity contribution is 7.18. The van der Waals surface area contributed by atoms with Crippen LogP contribution in [0.4, 0.5) is 4.79 Å². The van der Waals surface area contributed by atoms with Gasteiger partial charge >= 0.3 is 12.0 Å². The first-order valence-corrected chi connectivity index (χ1v) is 11.7. The normalized spacial score (nSPS) is 24.1. The standard InChI is InChI=1S/C23H29N3O4S/c1-4-22(2,3)15-9-11-23(12-10-15)20(28)26(21(29)25-23)13-19(27)30-14-18-24-16-7-5-6-8-17(16)31-18/h5-8,15H,4,9-14H2,1-3H3,(H,25,29). The van der Waals surface area contributed by atoms with Crippen LogP contribution >= 0.6 is 11.3 Å². The van der Waals surface area contributed by atoms with Gasteiger partial charge in [-0.05, 0) is 49.1 Å². The summed E-state index contributed by atoms with van der Waals surface area (Å²) in [5.41, 5.74) is 0.207. The van der Waals surface area contributed by atoms with Gasteiger partial charge in [0.25, 0.3) is 5.91 Å². The van der Waals surface area contributed by atoms with Gasteiger partial charge in [0, 0.05) is 0 Å². The van der Waals surface area contributed by atoms with E-state index in [1.807, 2.05) is 24.3 Å². The minimum absolute atomic E-state index is 0.0285. The van der Waals surface area contributed by atoms with Crippen LogP contribution in [0.25, 0.3) is 10.2 Å². The van der Waals surface area contributed by atoms with Crippen LogP contribution in [0.1, 0.15) is 57.9 Å². The van der Waals surface area contributed by atoms with E-state index in [0.29, 0.717) is 23.8 Å². The van der Waals surface area contributed by atoms with E-state index in [4.69, 9.17) is 4.74 Å². The largest absolute Gasteiger partial charge is 0.457 e. The molecule has 2 heterocycles. The molecule has 0 atom stereocenters. The number of carbonyl (C=O) groups excluding carboxylic acids is 3. The fourth-order valence-electron chi connectivity index (χ4n) is 4.64. The van der Waals surface area contributed by atoms with Gasteiger partial charge in [0.2, 0.25) is 0 Å². The molecule has 1 aromatic heterocycles. The van der Waals surface area contributed by atoms with Crippen LogP contribution < -0.4 is 5.32 Å². The van der Waals surface area contributed by atoms with E-state index in [1.54, 1.807) is 0 Å². The highest BCUT2D eigenvalue weighted by atomic mass is 32.1. The number of carbonyl (C=O) groups is 3. The monoisotopic (exact) mass is 443 g/mol. The second-order valence-electron chi connectivity index (χ2n) is 9.26. The van der Waals surface area contributed by atoms with Crippen molar-refractivity contribution in [2.75, 3.05) is 6.54 Å². The number of hydrogen-bond donors (Lipinski definition) is 1. The fraction of sp³-hybridized carbons (Fsp3) is 0.565. The lowest BCUT2D eigenvalue weighted by molar-refractivity contribution is -0.149. The molecule has 31 heavy (non-hydrogen) atoms. The number of fused-ring (bicyclic) bond motifs is 1. The minimum atomic E-state index is -0.870. The van der Waals surface area contributed by atoms with Crippen LogP contribution in [-0.4, -0.2) is 39.9 Å². The average molecular weight is 444 g/mol. The number of thiazole rings is 1. The lowest BCUT2D eigenvalue weighted by Crippen LogP contribution is -2.51. The number of nitrogens with one attached hydrogen (secondary N) is 1. The van der Waals surface area contributed by atoms with Gasteiger partial charge in [-0.15, -0.1) is 11.3 Å². The smallest absolute Gasteiger partial charge is 0.326 e. The molecule has 7 nitrogen and oxygen atoms in total. The van der Waals surface area contributed by atoms with Crippen molar-refractivity contribution < 1.29 is 19.1 Å². The Kier molecular flexibility index (Phi) is 5.77. The molecule has 2 aliphatic rings. The van der Waals surface area contributed by atoms with Crippen molar-refractivity contribution in [1.82, 2.24) is 15.2 Å². The van der Waals surface area contributed by atoms with Gasteiger partial charge in [-0.2, -0.15) is 0 Å². The third-order valence-electron chi connectivity index (χ3n) is 7.08. The zero-order chi connectivity index (χ0) is 22.2. The van der Waals surface area contributed by atoms with E-state index < -0.39 is 17.5 Å². The second kappa shape index (κ2) is 8.22. The van der Waals surface area contributed by atoms with Crippen LogP contribution in [0.5, 0.6) is 0 Å². The van der Waals surface area contributed by atoms with Crippen molar-refractivity contribution in [3.05, 3.63) is 29.3 Å². The summed E-state index contributed by atoms with van der Waals surface area (Å²) < 4.78 is 6.32. The molecule has 1 aliphatic heterocycles. The lowest BCUT2D eigenvalue weighted by atomic mass is 9.65. The van der Waals surface area contributed by atoms with Crippen molar-refractivity contribution in [1.29, 1.82) is 0 Å². The highest BCUT2D eigenvalue weighted by Crippen LogP contribution is 2.45. The maximum Gasteiger partial charge on any atom is 0.326 e. The maximum absolute atomic E-state index is 13.1. The molecule has 1 spiro atoms. The summed E-state index contributed by atoms with van der Waals surface area (Å²) in [5.74, 6) is -0.386. The van der Waals surface area contributed by atoms with E-state index in [2.05, 4.69) is 31.1 Å². The first kappa shape index (κ1) is 21.7. The molecule has 3 amide bonds. The van der Waals surface area contributed by atoms with Gasteiger partial charge in [-0.25, -0.2) is 9.78 Å². The Balaban J connectivity index is 1.34. The second-order valence-corrected chi connectivity index (χ2v) is 10.4. The predicted octanol–water partition coefficient (Wildman–Crippen LogP) is 4.26. The van der Waals surface area contributed by atoms with Crippen LogP contribution in [0.15, 0.2) is 24.3 Å². The topological polar surface area (TPSA) is 88.6 Å². The fourth-order valence-corrected chi connectivity index (χ4v) is 5.52. The van der Waals surface area contributed by atoms with Gasteiger partial charge in [0.05, 0.1) is 10.2 Å². The van der Waals surface area contributed by atoms with Gasteiger partial charge in [0.1, 0.15) is 23.7 Å². The Hall–Kier alpha value is -2.48. The Bertz CT molecular complexity index is 974. The zero-order valence-corrected chi connectivity index (χ0v) is 19.1. The number of para-hydroxylation sites is 1. The molecule has 0 radical (unpaired) electrons. The van der Waals surface area contributed by atoms with Gasteiger partial charge in [-0.1, -0.05) is 39.3 Å². The molecule has 4 rings (SSSR count). The Morgan fingerprint density at radius 1 is 1.29 bits per heavy atom. The number of amides is 3.